The molecular weight excluding hydrogens is 473 g/mol. The van der Waals surface area contributed by atoms with E-state index in [-0.39, 0.29) is 22.1 Å². The van der Waals surface area contributed by atoms with Crippen LogP contribution in [0.3, 0.4) is 0 Å². The summed E-state index contributed by atoms with van der Waals surface area (Å²) in [5.74, 6) is -0.114. The van der Waals surface area contributed by atoms with Gasteiger partial charge in [0.15, 0.2) is 11.2 Å². The van der Waals surface area contributed by atoms with Gasteiger partial charge in [0.1, 0.15) is 11.6 Å². The lowest BCUT2D eigenvalue weighted by Gasteiger charge is -2.34. The smallest absolute Gasteiger partial charge is 0.260 e. The summed E-state index contributed by atoms with van der Waals surface area (Å²) < 4.78 is 42.0. The molecule has 2 aliphatic rings. The molecule has 35 heavy (non-hydrogen) atoms. The molecule has 1 spiro atoms. The van der Waals surface area contributed by atoms with Crippen molar-refractivity contribution in [1.82, 2.24) is 14.7 Å². The lowest BCUT2D eigenvalue weighted by molar-refractivity contribution is 0.102. The Morgan fingerprint density at radius 2 is 1.83 bits per heavy atom. The lowest BCUT2D eigenvalue weighted by atomic mass is 9.93. The molecule has 1 atom stereocenters. The number of nitrogens with zero attached hydrogens (tertiary/aromatic N) is 3. The number of aliphatic hydroxyl groups excluding tert-OH is 1. The summed E-state index contributed by atoms with van der Waals surface area (Å²) in [7, 11) is -3.89. The van der Waals surface area contributed by atoms with E-state index < -0.39 is 34.2 Å². The molecule has 1 amide bonds. The van der Waals surface area contributed by atoms with Crippen LogP contribution in [0.1, 0.15) is 68.7 Å². The van der Waals surface area contributed by atoms with Crippen molar-refractivity contribution >= 4 is 27.6 Å². The van der Waals surface area contributed by atoms with Gasteiger partial charge in [-0.05, 0) is 76.1 Å². The first-order valence-electron chi connectivity index (χ1n) is 11.7. The van der Waals surface area contributed by atoms with E-state index in [1.54, 1.807) is 20.8 Å². The Bertz CT molecular complexity index is 1200. The second-order valence-corrected chi connectivity index (χ2v) is 12.0. The normalized spacial score (nSPS) is 18.4. The number of anilines is 2. The molecule has 4 rings (SSSR count). The van der Waals surface area contributed by atoms with Crippen molar-refractivity contribution in [3.05, 3.63) is 41.6 Å². The third-order valence-corrected chi connectivity index (χ3v) is 8.04. The van der Waals surface area contributed by atoms with Gasteiger partial charge < -0.3 is 15.3 Å². The molecule has 9 nitrogen and oxygen atoms in total. The van der Waals surface area contributed by atoms with E-state index in [1.807, 2.05) is 4.90 Å². The predicted molar refractivity (Wildman–Crippen MR) is 131 cm³/mol. The first-order chi connectivity index (χ1) is 16.4. The molecule has 2 aromatic heterocycles. The molecule has 2 fully saturated rings. The summed E-state index contributed by atoms with van der Waals surface area (Å²) in [5.41, 5.74) is -0.00154. The fourth-order valence-corrected chi connectivity index (χ4v) is 5.68. The van der Waals surface area contributed by atoms with Crippen LogP contribution in [0.2, 0.25) is 0 Å². The van der Waals surface area contributed by atoms with E-state index in [1.165, 1.54) is 43.2 Å². The minimum atomic E-state index is -3.89. The number of piperidine rings is 1. The summed E-state index contributed by atoms with van der Waals surface area (Å²) in [6, 6.07) is 7.21. The quantitative estimate of drug-likeness (QED) is 0.528. The third-order valence-electron chi connectivity index (χ3n) is 6.38. The van der Waals surface area contributed by atoms with Crippen LogP contribution in [-0.4, -0.2) is 54.6 Å². The maximum atomic E-state index is 14.2. The fraction of sp³-hybridized carbons (Fsp3) is 0.542. The predicted octanol–water partition coefficient (Wildman–Crippen LogP) is 3.19. The highest BCUT2D eigenvalue weighted by molar-refractivity contribution is 7.89. The fourth-order valence-electron chi connectivity index (χ4n) is 4.29. The van der Waals surface area contributed by atoms with Crippen LogP contribution in [0.4, 0.5) is 16.0 Å². The summed E-state index contributed by atoms with van der Waals surface area (Å²) in [4.78, 5) is 23.7. The molecule has 1 aliphatic heterocycles. The van der Waals surface area contributed by atoms with E-state index in [0.29, 0.717) is 24.3 Å². The molecule has 1 saturated carbocycles. The number of hydrogen-bond acceptors (Lipinski definition) is 7. The molecule has 3 heterocycles. The zero-order valence-corrected chi connectivity index (χ0v) is 21.0. The summed E-state index contributed by atoms with van der Waals surface area (Å²) >= 11 is 0. The maximum absolute atomic E-state index is 14.2. The highest BCUT2D eigenvalue weighted by Gasteiger charge is 2.45. The Balaban J connectivity index is 1.59. The Morgan fingerprint density at radius 1 is 1.14 bits per heavy atom. The second-order valence-electron chi connectivity index (χ2n) is 10.4. The van der Waals surface area contributed by atoms with Crippen LogP contribution in [-0.2, 0) is 10.0 Å². The first-order valence-corrected chi connectivity index (χ1v) is 13.2. The van der Waals surface area contributed by atoms with Crippen molar-refractivity contribution in [2.24, 2.45) is 5.41 Å². The van der Waals surface area contributed by atoms with Crippen molar-refractivity contribution in [3.63, 3.8) is 0 Å². The number of nitrogens with one attached hydrogen (secondary N) is 2. The van der Waals surface area contributed by atoms with E-state index in [0.717, 1.165) is 12.8 Å². The third kappa shape index (κ3) is 5.96. The Kier molecular flexibility index (Phi) is 6.87. The van der Waals surface area contributed by atoms with Crippen molar-refractivity contribution in [2.45, 2.75) is 63.2 Å². The van der Waals surface area contributed by atoms with Crippen LogP contribution in [0.25, 0.3) is 0 Å². The van der Waals surface area contributed by atoms with Crippen LogP contribution >= 0.6 is 0 Å². The molecule has 11 heteroatoms. The summed E-state index contributed by atoms with van der Waals surface area (Å²) in [6.45, 7) is 5.87. The van der Waals surface area contributed by atoms with Gasteiger partial charge in [0, 0.05) is 18.6 Å². The molecular formula is C24H32FN5O4S. The average Bonchev–Trinajstić information content (AvgIpc) is 3.56. The molecule has 0 radical (unpaired) electrons. The topological polar surface area (TPSA) is 125 Å². The number of carbonyl (C=O) groups excluding carboxylic acids is 1. The van der Waals surface area contributed by atoms with Gasteiger partial charge in [0.2, 0.25) is 0 Å². The number of alkyl halides is 1. The largest absolute Gasteiger partial charge is 0.393 e. The Morgan fingerprint density at radius 3 is 2.43 bits per heavy atom. The van der Waals surface area contributed by atoms with Crippen LogP contribution < -0.4 is 14.9 Å². The number of aromatic nitrogens is 2. The first kappa shape index (κ1) is 25.5. The van der Waals surface area contributed by atoms with Gasteiger partial charge in [0.05, 0.1) is 17.9 Å². The number of pyridine rings is 2. The highest BCUT2D eigenvalue weighted by atomic mass is 32.2. The van der Waals surface area contributed by atoms with E-state index in [4.69, 9.17) is 0 Å². The number of carbonyl (C=O) groups is 1. The van der Waals surface area contributed by atoms with Gasteiger partial charge in [-0.2, -0.15) is 0 Å². The van der Waals surface area contributed by atoms with Gasteiger partial charge in [-0.25, -0.2) is 27.5 Å². The lowest BCUT2D eigenvalue weighted by Crippen LogP contribution is -2.40. The molecule has 1 saturated heterocycles. The van der Waals surface area contributed by atoms with Crippen LogP contribution in [0, 0.1) is 5.41 Å². The van der Waals surface area contributed by atoms with Crippen molar-refractivity contribution in [1.29, 1.82) is 0 Å². The number of rotatable bonds is 7. The second kappa shape index (κ2) is 9.44. The number of amides is 1. The molecule has 0 bridgehead atoms. The molecule has 0 aromatic carbocycles. The van der Waals surface area contributed by atoms with Gasteiger partial charge in [-0.15, -0.1) is 0 Å². The SMILES string of the molecule is CC(C)(C)NS(=O)(=O)c1cccc(NC(=O)c2ccc(C(F)CO)nc2N2CCC3(CC2)CC3)n1. The van der Waals surface area contributed by atoms with Crippen LogP contribution in [0.5, 0.6) is 0 Å². The van der Waals surface area contributed by atoms with Crippen LogP contribution in [0.15, 0.2) is 35.4 Å². The van der Waals surface area contributed by atoms with Crippen molar-refractivity contribution < 1.29 is 22.7 Å². The molecule has 190 valence electrons. The van der Waals surface area contributed by atoms with Gasteiger partial charge in [0.25, 0.3) is 15.9 Å². The zero-order valence-electron chi connectivity index (χ0n) is 20.2. The number of sulfonamides is 1. The number of aliphatic hydroxyl groups is 1. The standard InChI is InChI=1S/C24H32FN5O4S/c1-23(2,3)29-35(33,34)20-6-4-5-19(27-20)28-22(32)16-7-8-18(17(25)15-31)26-21(16)30-13-11-24(9-10-24)12-14-30/h4-8,17,29,31H,9-15H2,1-3H3,(H,27,28,32). The van der Waals surface area contributed by atoms with Crippen molar-refractivity contribution in [2.75, 3.05) is 29.9 Å². The van der Waals surface area contributed by atoms with E-state index in [9.17, 15) is 22.7 Å². The zero-order chi connectivity index (χ0) is 25.4. The number of hydrogen-bond donors (Lipinski definition) is 3. The summed E-state index contributed by atoms with van der Waals surface area (Å²) in [5, 5.41) is 11.7. The highest BCUT2D eigenvalue weighted by Crippen LogP contribution is 2.54. The minimum absolute atomic E-state index is 0.0604. The van der Waals surface area contributed by atoms with Gasteiger partial charge in [-0.1, -0.05) is 6.07 Å². The average molecular weight is 506 g/mol. The Labute approximate surface area is 205 Å². The molecule has 1 aliphatic carbocycles. The van der Waals surface area contributed by atoms with E-state index in [2.05, 4.69) is 20.0 Å². The van der Waals surface area contributed by atoms with Gasteiger partial charge >= 0.3 is 0 Å². The summed E-state index contributed by atoms with van der Waals surface area (Å²) in [6.07, 6.45) is 2.76. The minimum Gasteiger partial charge on any atom is -0.393 e. The van der Waals surface area contributed by atoms with Crippen molar-refractivity contribution in [3.8, 4) is 0 Å². The molecule has 1 unspecified atom stereocenters. The molecule has 3 N–H and O–H groups in total. The Hall–Kier alpha value is -2.63. The number of halogens is 1. The maximum Gasteiger partial charge on any atom is 0.260 e. The molecule has 2 aromatic rings. The monoisotopic (exact) mass is 505 g/mol. The van der Waals surface area contributed by atoms with E-state index >= 15 is 0 Å². The van der Waals surface area contributed by atoms with Gasteiger partial charge in [-0.3, -0.25) is 4.79 Å².